The quantitative estimate of drug-likeness (QED) is 0.839. The van der Waals surface area contributed by atoms with Gasteiger partial charge < -0.3 is 4.90 Å². The Morgan fingerprint density at radius 2 is 2.41 bits per heavy atom. The molecule has 1 unspecified atom stereocenters. The van der Waals surface area contributed by atoms with Crippen LogP contribution < -0.4 is 0 Å². The molecule has 0 spiro atoms. The molecule has 5 heteroatoms. The maximum absolute atomic E-state index is 12.3. The van der Waals surface area contributed by atoms with Crippen LogP contribution in [0.5, 0.6) is 0 Å². The summed E-state index contributed by atoms with van der Waals surface area (Å²) < 4.78 is 0. The van der Waals surface area contributed by atoms with Crippen molar-refractivity contribution in [2.45, 2.75) is 38.5 Å². The van der Waals surface area contributed by atoms with Gasteiger partial charge in [-0.15, -0.1) is 0 Å². The Morgan fingerprint density at radius 3 is 3.06 bits per heavy atom. The molecule has 1 aliphatic heterocycles. The van der Waals surface area contributed by atoms with Gasteiger partial charge in [0, 0.05) is 24.4 Å². The standard InChI is InChI=1S/C12H18N4O/c1-12(4-5-12)11(17)16-6-2-3-9(7-16)10-13-8-14-15-10/h8-9H,2-7H2,1H3,(H,13,14,15). The molecule has 1 N–H and O–H groups in total. The number of nitrogens with one attached hydrogen (secondary N) is 1. The fraction of sp³-hybridized carbons (Fsp3) is 0.750. The molecule has 1 aromatic heterocycles. The minimum atomic E-state index is -0.0523. The van der Waals surface area contributed by atoms with Crippen LogP contribution in [0.1, 0.15) is 44.3 Å². The zero-order valence-electron chi connectivity index (χ0n) is 10.1. The van der Waals surface area contributed by atoms with E-state index in [0.717, 1.165) is 44.6 Å². The molecule has 1 saturated carbocycles. The second-order valence-corrected chi connectivity index (χ2v) is 5.52. The molecule has 1 aliphatic carbocycles. The van der Waals surface area contributed by atoms with E-state index in [1.54, 1.807) is 0 Å². The zero-order chi connectivity index (χ0) is 11.9. The Balaban J connectivity index is 1.69. The number of aromatic amines is 1. The second-order valence-electron chi connectivity index (χ2n) is 5.52. The van der Waals surface area contributed by atoms with Crippen LogP contribution in [0.2, 0.25) is 0 Å². The lowest BCUT2D eigenvalue weighted by atomic mass is 9.95. The number of aromatic nitrogens is 3. The average molecular weight is 234 g/mol. The number of carbonyl (C=O) groups excluding carboxylic acids is 1. The molecule has 0 bridgehead atoms. The van der Waals surface area contributed by atoms with Crippen molar-refractivity contribution in [2.24, 2.45) is 5.41 Å². The van der Waals surface area contributed by atoms with E-state index in [2.05, 4.69) is 22.1 Å². The summed E-state index contributed by atoms with van der Waals surface area (Å²) in [6.45, 7) is 3.77. The maximum Gasteiger partial charge on any atom is 0.228 e. The molecular formula is C12H18N4O. The number of hydrogen-bond donors (Lipinski definition) is 1. The number of likely N-dealkylation sites (tertiary alicyclic amines) is 1. The Kier molecular flexibility index (Phi) is 2.42. The fourth-order valence-electron chi connectivity index (χ4n) is 2.58. The summed E-state index contributed by atoms with van der Waals surface area (Å²) in [5.74, 6) is 1.59. The lowest BCUT2D eigenvalue weighted by molar-refractivity contribution is -0.137. The molecule has 92 valence electrons. The number of H-pyrrole nitrogens is 1. The highest BCUT2D eigenvalue weighted by Crippen LogP contribution is 2.47. The minimum absolute atomic E-state index is 0.0523. The second kappa shape index (κ2) is 3.82. The third-order valence-corrected chi connectivity index (χ3v) is 4.05. The van der Waals surface area contributed by atoms with Crippen molar-refractivity contribution < 1.29 is 4.79 Å². The number of piperidine rings is 1. The van der Waals surface area contributed by atoms with E-state index in [1.807, 2.05) is 4.90 Å². The van der Waals surface area contributed by atoms with Crippen LogP contribution in [0.15, 0.2) is 6.33 Å². The molecule has 3 rings (SSSR count). The van der Waals surface area contributed by atoms with Gasteiger partial charge in [-0.05, 0) is 25.7 Å². The van der Waals surface area contributed by atoms with Gasteiger partial charge in [0.15, 0.2) is 0 Å². The first-order chi connectivity index (χ1) is 8.19. The molecule has 0 aromatic carbocycles. The van der Waals surface area contributed by atoms with Crippen LogP contribution in [-0.4, -0.2) is 39.1 Å². The van der Waals surface area contributed by atoms with Crippen molar-refractivity contribution in [3.05, 3.63) is 12.2 Å². The molecule has 0 radical (unpaired) electrons. The van der Waals surface area contributed by atoms with Crippen molar-refractivity contribution in [1.82, 2.24) is 20.1 Å². The molecule has 2 aliphatic rings. The van der Waals surface area contributed by atoms with Gasteiger partial charge >= 0.3 is 0 Å². The molecule has 1 aromatic rings. The highest BCUT2D eigenvalue weighted by atomic mass is 16.2. The van der Waals surface area contributed by atoms with Gasteiger partial charge in [0.05, 0.1) is 0 Å². The Hall–Kier alpha value is -1.39. The summed E-state index contributed by atoms with van der Waals surface area (Å²) in [6, 6.07) is 0. The number of carbonyl (C=O) groups is 1. The van der Waals surface area contributed by atoms with Crippen molar-refractivity contribution in [3.63, 3.8) is 0 Å². The number of rotatable bonds is 2. The third kappa shape index (κ3) is 1.94. The maximum atomic E-state index is 12.3. The summed E-state index contributed by atoms with van der Waals surface area (Å²) in [5.41, 5.74) is -0.0523. The zero-order valence-corrected chi connectivity index (χ0v) is 10.1. The van der Waals surface area contributed by atoms with Crippen molar-refractivity contribution in [1.29, 1.82) is 0 Å². The molecule has 2 heterocycles. The predicted molar refractivity (Wildman–Crippen MR) is 62.3 cm³/mol. The molecule has 1 saturated heterocycles. The normalized spacial score (nSPS) is 26.9. The van der Waals surface area contributed by atoms with Gasteiger partial charge in [-0.25, -0.2) is 4.98 Å². The highest BCUT2D eigenvalue weighted by Gasteiger charge is 2.47. The Bertz CT molecular complexity index is 410. The minimum Gasteiger partial charge on any atom is -0.341 e. The van der Waals surface area contributed by atoms with E-state index >= 15 is 0 Å². The fourth-order valence-corrected chi connectivity index (χ4v) is 2.58. The first-order valence-electron chi connectivity index (χ1n) is 6.34. The topological polar surface area (TPSA) is 61.9 Å². The highest BCUT2D eigenvalue weighted by molar-refractivity contribution is 5.85. The molecule has 1 atom stereocenters. The smallest absolute Gasteiger partial charge is 0.228 e. The molecular weight excluding hydrogens is 216 g/mol. The third-order valence-electron chi connectivity index (χ3n) is 4.05. The van der Waals surface area contributed by atoms with E-state index < -0.39 is 0 Å². The van der Waals surface area contributed by atoms with Crippen LogP contribution in [0, 0.1) is 5.41 Å². The van der Waals surface area contributed by atoms with E-state index in [0.29, 0.717) is 11.8 Å². The average Bonchev–Trinajstić information content (AvgIpc) is 2.91. The summed E-state index contributed by atoms with van der Waals surface area (Å²) in [6.07, 6.45) is 5.80. The summed E-state index contributed by atoms with van der Waals surface area (Å²) >= 11 is 0. The van der Waals surface area contributed by atoms with Crippen molar-refractivity contribution >= 4 is 5.91 Å². The first kappa shape index (κ1) is 10.7. The SMILES string of the molecule is CC1(C(=O)N2CCCC(c3ncn[nH]3)C2)CC1. The largest absolute Gasteiger partial charge is 0.341 e. The van der Waals surface area contributed by atoms with Gasteiger partial charge in [-0.3, -0.25) is 9.89 Å². The summed E-state index contributed by atoms with van der Waals surface area (Å²) in [4.78, 5) is 18.5. The van der Waals surface area contributed by atoms with E-state index in [9.17, 15) is 4.79 Å². The molecule has 5 nitrogen and oxygen atoms in total. The lowest BCUT2D eigenvalue weighted by Gasteiger charge is -2.33. The van der Waals surface area contributed by atoms with Gasteiger partial charge in [0.25, 0.3) is 0 Å². The van der Waals surface area contributed by atoms with Crippen molar-refractivity contribution in [3.8, 4) is 0 Å². The van der Waals surface area contributed by atoms with Crippen LogP contribution in [0.25, 0.3) is 0 Å². The number of nitrogens with zero attached hydrogens (tertiary/aromatic N) is 3. The Morgan fingerprint density at radius 1 is 1.59 bits per heavy atom. The predicted octanol–water partition coefficient (Wildman–Crippen LogP) is 1.31. The monoisotopic (exact) mass is 234 g/mol. The van der Waals surface area contributed by atoms with Crippen LogP contribution in [-0.2, 0) is 4.79 Å². The number of amides is 1. The lowest BCUT2D eigenvalue weighted by Crippen LogP contribution is -2.42. The van der Waals surface area contributed by atoms with E-state index in [1.165, 1.54) is 6.33 Å². The molecule has 1 amide bonds. The Labute approximate surface area is 101 Å². The van der Waals surface area contributed by atoms with Gasteiger partial charge in [-0.1, -0.05) is 6.92 Å². The van der Waals surface area contributed by atoms with Crippen LogP contribution >= 0.6 is 0 Å². The van der Waals surface area contributed by atoms with Gasteiger partial charge in [0.2, 0.25) is 5.91 Å². The summed E-state index contributed by atoms with van der Waals surface area (Å²) in [5, 5.41) is 6.81. The van der Waals surface area contributed by atoms with E-state index in [-0.39, 0.29) is 5.41 Å². The summed E-state index contributed by atoms with van der Waals surface area (Å²) in [7, 11) is 0. The molecule has 2 fully saturated rings. The first-order valence-corrected chi connectivity index (χ1v) is 6.34. The van der Waals surface area contributed by atoms with Crippen LogP contribution in [0.3, 0.4) is 0 Å². The van der Waals surface area contributed by atoms with Gasteiger partial charge in [-0.2, -0.15) is 5.10 Å². The van der Waals surface area contributed by atoms with Gasteiger partial charge in [0.1, 0.15) is 12.2 Å². The van der Waals surface area contributed by atoms with Crippen LogP contribution in [0.4, 0.5) is 0 Å². The number of hydrogen-bond acceptors (Lipinski definition) is 3. The van der Waals surface area contributed by atoms with E-state index in [4.69, 9.17) is 0 Å². The molecule has 17 heavy (non-hydrogen) atoms. The van der Waals surface area contributed by atoms with Crippen molar-refractivity contribution in [2.75, 3.05) is 13.1 Å².